The van der Waals surface area contributed by atoms with E-state index in [9.17, 15) is 13.6 Å². The largest absolute Gasteiger partial charge is 0.352 e. The zero-order chi connectivity index (χ0) is 13.0. The standard InChI is InChI=1S/C14H17F2NO/c15-12-5-6-13(16)11(8-12)9-17-14(18)7-10-3-1-2-4-10/h5-6,8,10H,1-4,7,9H2,(H,17,18). The van der Waals surface area contributed by atoms with Gasteiger partial charge in [-0.05, 0) is 37.0 Å². The molecule has 1 amide bonds. The molecule has 1 aromatic carbocycles. The van der Waals surface area contributed by atoms with E-state index in [1.807, 2.05) is 0 Å². The first kappa shape index (κ1) is 13.0. The summed E-state index contributed by atoms with van der Waals surface area (Å²) in [5.41, 5.74) is 0.190. The Labute approximate surface area is 105 Å². The van der Waals surface area contributed by atoms with Gasteiger partial charge in [0.2, 0.25) is 5.91 Å². The summed E-state index contributed by atoms with van der Waals surface area (Å²) in [6.07, 6.45) is 5.08. The Morgan fingerprint density at radius 3 is 2.72 bits per heavy atom. The second-order valence-corrected chi connectivity index (χ2v) is 4.87. The molecule has 1 aliphatic rings. The van der Waals surface area contributed by atoms with Gasteiger partial charge in [0.25, 0.3) is 0 Å². The van der Waals surface area contributed by atoms with Gasteiger partial charge in [-0.3, -0.25) is 4.79 Å². The molecule has 0 radical (unpaired) electrons. The lowest BCUT2D eigenvalue weighted by Gasteiger charge is -2.10. The number of benzene rings is 1. The van der Waals surface area contributed by atoms with Crippen LogP contribution in [0.15, 0.2) is 18.2 Å². The molecule has 98 valence electrons. The highest BCUT2D eigenvalue weighted by Gasteiger charge is 2.18. The van der Waals surface area contributed by atoms with E-state index in [0.717, 1.165) is 31.0 Å². The number of carbonyl (C=O) groups excluding carboxylic acids is 1. The maximum atomic E-state index is 13.3. The SMILES string of the molecule is O=C(CC1CCCC1)NCc1cc(F)ccc1F. The monoisotopic (exact) mass is 253 g/mol. The average Bonchev–Trinajstić information content (AvgIpc) is 2.83. The van der Waals surface area contributed by atoms with Gasteiger partial charge < -0.3 is 5.32 Å². The summed E-state index contributed by atoms with van der Waals surface area (Å²) in [5, 5.41) is 2.65. The van der Waals surface area contributed by atoms with E-state index in [4.69, 9.17) is 0 Å². The lowest BCUT2D eigenvalue weighted by molar-refractivity contribution is -0.122. The molecule has 0 saturated heterocycles. The molecule has 4 heteroatoms. The number of amides is 1. The molecule has 0 atom stereocenters. The number of halogens is 2. The Bertz CT molecular complexity index is 428. The number of carbonyl (C=O) groups is 1. The Morgan fingerprint density at radius 1 is 1.28 bits per heavy atom. The van der Waals surface area contributed by atoms with Crippen LogP contribution in [-0.2, 0) is 11.3 Å². The minimum absolute atomic E-state index is 0.0507. The molecule has 0 bridgehead atoms. The van der Waals surface area contributed by atoms with Crippen molar-refractivity contribution in [3.8, 4) is 0 Å². The Kier molecular flexibility index (Phi) is 4.28. The zero-order valence-electron chi connectivity index (χ0n) is 10.2. The molecule has 0 heterocycles. The van der Waals surface area contributed by atoms with Crippen molar-refractivity contribution in [1.29, 1.82) is 0 Å². The quantitative estimate of drug-likeness (QED) is 0.877. The average molecular weight is 253 g/mol. The molecule has 1 aromatic rings. The van der Waals surface area contributed by atoms with Crippen LogP contribution in [0.1, 0.15) is 37.7 Å². The van der Waals surface area contributed by atoms with Gasteiger partial charge in [0.15, 0.2) is 0 Å². The zero-order valence-corrected chi connectivity index (χ0v) is 10.2. The molecular formula is C14H17F2NO. The van der Waals surface area contributed by atoms with Crippen molar-refractivity contribution in [3.63, 3.8) is 0 Å². The van der Waals surface area contributed by atoms with E-state index in [2.05, 4.69) is 5.32 Å². The minimum atomic E-state index is -0.489. The minimum Gasteiger partial charge on any atom is -0.352 e. The van der Waals surface area contributed by atoms with Crippen molar-refractivity contribution in [2.75, 3.05) is 0 Å². The Morgan fingerprint density at radius 2 is 2.00 bits per heavy atom. The van der Waals surface area contributed by atoms with E-state index >= 15 is 0 Å². The lowest BCUT2D eigenvalue weighted by atomic mass is 10.0. The van der Waals surface area contributed by atoms with Crippen molar-refractivity contribution in [3.05, 3.63) is 35.4 Å². The van der Waals surface area contributed by atoms with Crippen LogP contribution >= 0.6 is 0 Å². The van der Waals surface area contributed by atoms with E-state index in [0.29, 0.717) is 12.3 Å². The Hall–Kier alpha value is -1.45. The summed E-state index contributed by atoms with van der Waals surface area (Å²) in [4.78, 5) is 11.6. The Balaban J connectivity index is 1.83. The van der Waals surface area contributed by atoms with Gasteiger partial charge in [-0.15, -0.1) is 0 Å². The summed E-state index contributed by atoms with van der Waals surface area (Å²) in [6, 6.07) is 3.26. The van der Waals surface area contributed by atoms with Crippen LogP contribution in [0.4, 0.5) is 8.78 Å². The maximum Gasteiger partial charge on any atom is 0.220 e. The lowest BCUT2D eigenvalue weighted by Crippen LogP contribution is -2.25. The molecule has 0 aromatic heterocycles. The molecule has 18 heavy (non-hydrogen) atoms. The number of nitrogens with one attached hydrogen (secondary N) is 1. The predicted octanol–water partition coefficient (Wildman–Crippen LogP) is 3.16. The van der Waals surface area contributed by atoms with Gasteiger partial charge in [0.05, 0.1) is 0 Å². The van der Waals surface area contributed by atoms with Crippen LogP contribution < -0.4 is 5.32 Å². The summed E-state index contributed by atoms with van der Waals surface area (Å²) in [6.45, 7) is 0.0507. The molecule has 1 fully saturated rings. The van der Waals surface area contributed by atoms with E-state index in [-0.39, 0.29) is 18.0 Å². The van der Waals surface area contributed by atoms with E-state index in [1.54, 1.807) is 0 Å². The van der Waals surface area contributed by atoms with Crippen molar-refractivity contribution in [2.45, 2.75) is 38.6 Å². The highest BCUT2D eigenvalue weighted by atomic mass is 19.1. The highest BCUT2D eigenvalue weighted by Crippen LogP contribution is 2.27. The van der Waals surface area contributed by atoms with Crippen LogP contribution in [0.2, 0.25) is 0 Å². The first-order chi connectivity index (χ1) is 8.65. The van der Waals surface area contributed by atoms with Gasteiger partial charge in [-0.2, -0.15) is 0 Å². The predicted molar refractivity (Wildman–Crippen MR) is 64.8 cm³/mol. The van der Waals surface area contributed by atoms with Crippen molar-refractivity contribution in [1.82, 2.24) is 5.32 Å². The molecule has 0 spiro atoms. The summed E-state index contributed by atoms with van der Waals surface area (Å²) >= 11 is 0. The first-order valence-corrected chi connectivity index (χ1v) is 6.36. The topological polar surface area (TPSA) is 29.1 Å². The first-order valence-electron chi connectivity index (χ1n) is 6.36. The van der Waals surface area contributed by atoms with Crippen molar-refractivity contribution < 1.29 is 13.6 Å². The van der Waals surface area contributed by atoms with Gasteiger partial charge >= 0.3 is 0 Å². The van der Waals surface area contributed by atoms with Gasteiger partial charge in [-0.25, -0.2) is 8.78 Å². The molecule has 1 saturated carbocycles. The molecular weight excluding hydrogens is 236 g/mol. The maximum absolute atomic E-state index is 13.3. The fraction of sp³-hybridized carbons (Fsp3) is 0.500. The molecule has 0 aliphatic heterocycles. The highest BCUT2D eigenvalue weighted by molar-refractivity contribution is 5.76. The molecule has 1 N–H and O–H groups in total. The van der Waals surface area contributed by atoms with Crippen LogP contribution in [0, 0.1) is 17.6 Å². The molecule has 1 aliphatic carbocycles. The molecule has 2 rings (SSSR count). The number of hydrogen-bond acceptors (Lipinski definition) is 1. The third-order valence-electron chi connectivity index (χ3n) is 3.43. The number of hydrogen-bond donors (Lipinski definition) is 1. The van der Waals surface area contributed by atoms with Crippen LogP contribution in [0.5, 0.6) is 0 Å². The third kappa shape index (κ3) is 3.52. The molecule has 2 nitrogen and oxygen atoms in total. The smallest absolute Gasteiger partial charge is 0.220 e. The summed E-state index contributed by atoms with van der Waals surface area (Å²) in [7, 11) is 0. The van der Waals surface area contributed by atoms with Crippen LogP contribution in [-0.4, -0.2) is 5.91 Å². The van der Waals surface area contributed by atoms with Gasteiger partial charge in [0.1, 0.15) is 11.6 Å². The summed E-state index contributed by atoms with van der Waals surface area (Å²) < 4.78 is 26.2. The van der Waals surface area contributed by atoms with E-state index in [1.165, 1.54) is 12.8 Å². The molecule has 0 unspecified atom stereocenters. The fourth-order valence-corrected chi connectivity index (χ4v) is 2.42. The van der Waals surface area contributed by atoms with Gasteiger partial charge in [-0.1, -0.05) is 12.8 Å². The second-order valence-electron chi connectivity index (χ2n) is 4.87. The van der Waals surface area contributed by atoms with Gasteiger partial charge in [0, 0.05) is 18.5 Å². The number of rotatable bonds is 4. The third-order valence-corrected chi connectivity index (χ3v) is 3.43. The normalized spacial score (nSPS) is 15.9. The summed E-state index contributed by atoms with van der Waals surface area (Å²) in [5.74, 6) is -0.595. The van der Waals surface area contributed by atoms with E-state index < -0.39 is 11.6 Å². The van der Waals surface area contributed by atoms with Crippen molar-refractivity contribution in [2.24, 2.45) is 5.92 Å². The van der Waals surface area contributed by atoms with Crippen LogP contribution in [0.25, 0.3) is 0 Å². The van der Waals surface area contributed by atoms with Crippen molar-refractivity contribution >= 4 is 5.91 Å². The second kappa shape index (κ2) is 5.94. The fourth-order valence-electron chi connectivity index (χ4n) is 2.42. The van der Waals surface area contributed by atoms with Crippen LogP contribution in [0.3, 0.4) is 0 Å².